The lowest BCUT2D eigenvalue weighted by Gasteiger charge is -2.22. The van der Waals surface area contributed by atoms with E-state index in [1.54, 1.807) is 6.92 Å². The topological polar surface area (TPSA) is 65.0 Å². The van der Waals surface area contributed by atoms with Gasteiger partial charge in [0.1, 0.15) is 19.3 Å². The van der Waals surface area contributed by atoms with Gasteiger partial charge in [-0.2, -0.15) is 0 Å². The lowest BCUT2D eigenvalue weighted by atomic mass is 10.0. The molecular formula is C13H14ClFO5. The highest BCUT2D eigenvalue weighted by Gasteiger charge is 2.31. The predicted molar refractivity (Wildman–Crippen MR) is 68.9 cm³/mol. The van der Waals surface area contributed by atoms with E-state index in [0.717, 1.165) is 0 Å². The van der Waals surface area contributed by atoms with Gasteiger partial charge in [0, 0.05) is 0 Å². The predicted octanol–water partition coefficient (Wildman–Crippen LogP) is 2.05. The molecule has 0 spiro atoms. The van der Waals surface area contributed by atoms with Crippen LogP contribution >= 0.6 is 11.6 Å². The molecule has 1 aliphatic heterocycles. The van der Waals surface area contributed by atoms with E-state index < -0.39 is 18.2 Å². The van der Waals surface area contributed by atoms with Crippen molar-refractivity contribution in [2.45, 2.75) is 19.2 Å². The fraction of sp³-hybridized carbons (Fsp3) is 0.462. The van der Waals surface area contributed by atoms with Gasteiger partial charge in [0.05, 0.1) is 11.6 Å². The number of hydrogen-bond donors (Lipinski definition) is 1. The van der Waals surface area contributed by atoms with E-state index in [1.165, 1.54) is 12.1 Å². The summed E-state index contributed by atoms with van der Waals surface area (Å²) in [4.78, 5) is 11.3. The summed E-state index contributed by atoms with van der Waals surface area (Å²) in [5.41, 5.74) is 0.125. The Hall–Kier alpha value is -1.53. The number of esters is 1. The van der Waals surface area contributed by atoms with Crippen molar-refractivity contribution in [3.63, 3.8) is 0 Å². The summed E-state index contributed by atoms with van der Waals surface area (Å²) >= 11 is 5.98. The zero-order chi connectivity index (χ0) is 14.7. The third kappa shape index (κ3) is 2.96. The Balaban J connectivity index is 2.24. The number of rotatable bonds is 4. The fourth-order valence-electron chi connectivity index (χ4n) is 1.82. The molecule has 1 N–H and O–H groups in total. The first-order valence-corrected chi connectivity index (χ1v) is 6.50. The molecular weight excluding hydrogens is 291 g/mol. The van der Waals surface area contributed by atoms with Gasteiger partial charge < -0.3 is 19.3 Å². The lowest BCUT2D eigenvalue weighted by molar-refractivity contribution is -0.153. The molecule has 110 valence electrons. The quantitative estimate of drug-likeness (QED) is 0.862. The zero-order valence-electron chi connectivity index (χ0n) is 10.8. The monoisotopic (exact) mass is 304 g/mol. The number of benzene rings is 1. The van der Waals surface area contributed by atoms with Crippen LogP contribution < -0.4 is 9.47 Å². The molecule has 5 nitrogen and oxygen atoms in total. The minimum atomic E-state index is -2.19. The van der Waals surface area contributed by atoms with Crippen molar-refractivity contribution in [1.82, 2.24) is 0 Å². The number of alkyl halides is 1. The number of ether oxygens (including phenoxy) is 3. The van der Waals surface area contributed by atoms with Crippen LogP contribution in [-0.4, -0.2) is 37.1 Å². The van der Waals surface area contributed by atoms with Gasteiger partial charge in [-0.05, 0) is 24.6 Å². The SMILES string of the molecule is CCOC(=O)C(F)C(O)c1cc(Cl)c2c(c1)OCCO2. The summed E-state index contributed by atoms with van der Waals surface area (Å²) in [6.07, 6.45) is -3.86. The van der Waals surface area contributed by atoms with Crippen LogP contribution in [0.5, 0.6) is 11.5 Å². The molecule has 0 aromatic heterocycles. The normalized spacial score (nSPS) is 16.4. The summed E-state index contributed by atoms with van der Waals surface area (Å²) in [5, 5.41) is 10.1. The van der Waals surface area contributed by atoms with E-state index in [1.807, 2.05) is 0 Å². The summed E-state index contributed by atoms with van der Waals surface area (Å²) in [6.45, 7) is 2.29. The number of hydrogen-bond acceptors (Lipinski definition) is 5. The molecule has 1 aliphatic rings. The molecule has 0 amide bonds. The average Bonchev–Trinajstić information content (AvgIpc) is 2.46. The number of carbonyl (C=O) groups excluding carboxylic acids is 1. The fourth-order valence-corrected chi connectivity index (χ4v) is 2.09. The van der Waals surface area contributed by atoms with E-state index in [9.17, 15) is 14.3 Å². The van der Waals surface area contributed by atoms with E-state index in [2.05, 4.69) is 4.74 Å². The van der Waals surface area contributed by atoms with Crippen molar-refractivity contribution in [2.24, 2.45) is 0 Å². The van der Waals surface area contributed by atoms with Crippen molar-refractivity contribution >= 4 is 17.6 Å². The Morgan fingerprint density at radius 1 is 1.50 bits per heavy atom. The molecule has 1 aromatic carbocycles. The maximum Gasteiger partial charge on any atom is 0.343 e. The van der Waals surface area contributed by atoms with Crippen molar-refractivity contribution < 1.29 is 28.5 Å². The Bertz CT molecular complexity index is 508. The molecule has 0 saturated carbocycles. The third-order valence-corrected chi connectivity index (χ3v) is 3.03. The second-order valence-corrected chi connectivity index (χ2v) is 4.53. The van der Waals surface area contributed by atoms with Crippen LogP contribution in [0.25, 0.3) is 0 Å². The minimum absolute atomic E-state index is 0.0356. The minimum Gasteiger partial charge on any atom is -0.486 e. The Morgan fingerprint density at radius 2 is 2.20 bits per heavy atom. The lowest BCUT2D eigenvalue weighted by Crippen LogP contribution is -2.26. The van der Waals surface area contributed by atoms with Gasteiger partial charge in [-0.25, -0.2) is 9.18 Å². The average molecular weight is 305 g/mol. The first-order chi connectivity index (χ1) is 9.54. The molecule has 7 heteroatoms. The summed E-state index contributed by atoms with van der Waals surface area (Å²) < 4.78 is 28.9. The number of fused-ring (bicyclic) bond motifs is 1. The first-order valence-electron chi connectivity index (χ1n) is 6.12. The van der Waals surface area contributed by atoms with Crippen molar-refractivity contribution in [1.29, 1.82) is 0 Å². The van der Waals surface area contributed by atoms with Crippen molar-refractivity contribution in [3.05, 3.63) is 22.7 Å². The summed E-state index contributed by atoms with van der Waals surface area (Å²) in [7, 11) is 0. The number of halogens is 2. The van der Waals surface area contributed by atoms with Crippen molar-refractivity contribution in [3.8, 4) is 11.5 Å². The zero-order valence-corrected chi connectivity index (χ0v) is 11.5. The smallest absolute Gasteiger partial charge is 0.343 e. The molecule has 0 radical (unpaired) electrons. The Labute approximate surface area is 120 Å². The first kappa shape index (κ1) is 14.9. The Morgan fingerprint density at radius 3 is 2.90 bits per heavy atom. The molecule has 0 bridgehead atoms. The maximum atomic E-state index is 13.8. The molecule has 0 aliphatic carbocycles. The van der Waals surface area contributed by atoms with Gasteiger partial charge in [0.15, 0.2) is 11.5 Å². The maximum absolute atomic E-state index is 13.8. The van der Waals surface area contributed by atoms with E-state index in [4.69, 9.17) is 21.1 Å². The summed E-state index contributed by atoms with van der Waals surface area (Å²) in [6, 6.07) is 2.74. The van der Waals surface area contributed by atoms with Gasteiger partial charge >= 0.3 is 5.97 Å². The van der Waals surface area contributed by atoms with Gasteiger partial charge in [0.2, 0.25) is 6.17 Å². The van der Waals surface area contributed by atoms with Gasteiger partial charge in [-0.3, -0.25) is 0 Å². The van der Waals surface area contributed by atoms with E-state index in [-0.39, 0.29) is 17.2 Å². The van der Waals surface area contributed by atoms with Gasteiger partial charge in [-0.15, -0.1) is 0 Å². The van der Waals surface area contributed by atoms with Crippen LogP contribution in [-0.2, 0) is 9.53 Å². The van der Waals surface area contributed by atoms with Crippen LogP contribution in [0.3, 0.4) is 0 Å². The van der Waals surface area contributed by atoms with Crippen LogP contribution in [0.1, 0.15) is 18.6 Å². The van der Waals surface area contributed by atoms with Gasteiger partial charge in [-0.1, -0.05) is 11.6 Å². The molecule has 0 saturated heterocycles. The number of aliphatic hydroxyl groups excluding tert-OH is 1. The van der Waals surface area contributed by atoms with Crippen LogP contribution in [0.4, 0.5) is 4.39 Å². The third-order valence-electron chi connectivity index (χ3n) is 2.75. The summed E-state index contributed by atoms with van der Waals surface area (Å²) in [5.74, 6) is -0.458. The standard InChI is InChI=1S/C13H14ClFO5/c1-2-18-13(17)10(15)11(16)7-5-8(14)12-9(6-7)19-3-4-20-12/h5-6,10-11,16H,2-4H2,1H3. The second-order valence-electron chi connectivity index (χ2n) is 4.13. The van der Waals surface area contributed by atoms with Crippen LogP contribution in [0, 0.1) is 0 Å². The number of carbonyl (C=O) groups is 1. The number of aliphatic hydroxyl groups is 1. The molecule has 20 heavy (non-hydrogen) atoms. The highest BCUT2D eigenvalue weighted by Crippen LogP contribution is 2.40. The molecule has 1 aromatic rings. The van der Waals surface area contributed by atoms with E-state index in [0.29, 0.717) is 24.7 Å². The van der Waals surface area contributed by atoms with Crippen molar-refractivity contribution in [2.75, 3.05) is 19.8 Å². The molecule has 1 heterocycles. The van der Waals surface area contributed by atoms with Crippen LogP contribution in [0.15, 0.2) is 12.1 Å². The highest BCUT2D eigenvalue weighted by molar-refractivity contribution is 6.32. The second kappa shape index (κ2) is 6.28. The van der Waals surface area contributed by atoms with Crippen LogP contribution in [0.2, 0.25) is 5.02 Å². The molecule has 2 rings (SSSR count). The molecule has 0 fully saturated rings. The van der Waals surface area contributed by atoms with E-state index >= 15 is 0 Å². The molecule has 2 atom stereocenters. The highest BCUT2D eigenvalue weighted by atomic mass is 35.5. The van der Waals surface area contributed by atoms with Gasteiger partial charge in [0.25, 0.3) is 0 Å². The largest absolute Gasteiger partial charge is 0.486 e. The Kier molecular flexibility index (Phi) is 4.67. The molecule has 2 unspecified atom stereocenters.